The Kier molecular flexibility index (Phi) is 5.26. The Morgan fingerprint density at radius 3 is 2.59 bits per heavy atom. The van der Waals surface area contributed by atoms with Crippen molar-refractivity contribution >= 4 is 23.7 Å². The highest BCUT2D eigenvalue weighted by Gasteiger charge is 2.53. The summed E-state index contributed by atoms with van der Waals surface area (Å²) in [6.45, 7) is 6.26. The number of carbonyl (C=O) groups excluding carboxylic acids is 2. The number of ether oxygens (including phenoxy) is 1. The smallest absolute Gasteiger partial charge is 0.379 e. The van der Waals surface area contributed by atoms with Crippen LogP contribution < -0.4 is 4.57 Å². The van der Waals surface area contributed by atoms with Gasteiger partial charge in [-0.15, -0.1) is 0 Å². The minimum Gasteiger partial charge on any atom is -0.379 e. The van der Waals surface area contributed by atoms with E-state index >= 15 is 0 Å². The Morgan fingerprint density at radius 2 is 1.88 bits per heavy atom. The fraction of sp³-hybridized carbons (Fsp3) is 0.455. The van der Waals surface area contributed by atoms with Crippen LogP contribution in [0.3, 0.4) is 0 Å². The number of fused-ring (bicyclic) bond motifs is 3. The van der Waals surface area contributed by atoms with Crippen molar-refractivity contribution < 1.29 is 23.3 Å². The second-order valence-electron chi connectivity index (χ2n) is 8.30. The number of nitrogens with zero attached hydrogens (tertiary/aromatic N) is 6. The Morgan fingerprint density at radius 1 is 1.16 bits per heavy atom. The summed E-state index contributed by atoms with van der Waals surface area (Å²) in [7, 11) is 1.65. The second-order valence-corrected chi connectivity index (χ2v) is 8.30. The van der Waals surface area contributed by atoms with E-state index < -0.39 is 6.04 Å². The van der Waals surface area contributed by atoms with Gasteiger partial charge < -0.3 is 4.74 Å². The van der Waals surface area contributed by atoms with E-state index in [0.717, 1.165) is 44.2 Å². The molecule has 1 aromatic heterocycles. The molecule has 9 nitrogen and oxygen atoms in total. The first-order valence-corrected chi connectivity index (χ1v) is 10.8. The van der Waals surface area contributed by atoms with Gasteiger partial charge >= 0.3 is 12.0 Å². The summed E-state index contributed by atoms with van der Waals surface area (Å²) < 4.78 is 22.4. The van der Waals surface area contributed by atoms with Crippen molar-refractivity contribution in [1.29, 1.82) is 0 Å². The highest BCUT2D eigenvalue weighted by Crippen LogP contribution is 2.31. The normalized spacial score (nSPS) is 21.1. The molecule has 5 rings (SSSR count). The van der Waals surface area contributed by atoms with Gasteiger partial charge in [0.1, 0.15) is 23.4 Å². The Bertz CT molecular complexity index is 1090. The van der Waals surface area contributed by atoms with Crippen molar-refractivity contribution in [1.82, 2.24) is 19.3 Å². The maximum absolute atomic E-state index is 13.4. The number of imidazole rings is 1. The number of hydrogen-bond donors (Lipinski definition) is 0. The van der Waals surface area contributed by atoms with Crippen LogP contribution in [0, 0.1) is 12.7 Å². The zero-order valence-corrected chi connectivity index (χ0v) is 18.2. The summed E-state index contributed by atoms with van der Waals surface area (Å²) >= 11 is 0. The number of imide groups is 1. The number of rotatable bonds is 5. The zero-order chi connectivity index (χ0) is 22.4. The molecule has 4 heterocycles. The number of aliphatic imine (C=N–C) groups is 1. The van der Waals surface area contributed by atoms with Crippen LogP contribution in [0.15, 0.2) is 35.5 Å². The lowest BCUT2D eigenvalue weighted by atomic mass is 10.1. The van der Waals surface area contributed by atoms with Crippen molar-refractivity contribution in [3.05, 3.63) is 42.0 Å². The number of aryl methyl sites for hydroxylation is 1. The van der Waals surface area contributed by atoms with Crippen LogP contribution in [0.5, 0.6) is 0 Å². The lowest BCUT2D eigenvalue weighted by Gasteiger charge is -2.34. The first-order valence-electron chi connectivity index (χ1n) is 10.8. The Hall–Kier alpha value is -3.11. The van der Waals surface area contributed by atoms with Gasteiger partial charge in [-0.25, -0.2) is 13.8 Å². The van der Waals surface area contributed by atoms with Crippen LogP contribution in [0.1, 0.15) is 18.2 Å². The topological polar surface area (TPSA) is 74.3 Å². The molecule has 2 fully saturated rings. The van der Waals surface area contributed by atoms with Crippen LogP contribution in [0.2, 0.25) is 0 Å². The third kappa shape index (κ3) is 3.39. The van der Waals surface area contributed by atoms with Crippen LogP contribution in [0.25, 0.3) is 5.69 Å². The van der Waals surface area contributed by atoms with Crippen LogP contribution >= 0.6 is 0 Å². The molecule has 2 saturated heterocycles. The molecule has 3 aliphatic rings. The third-order valence-electron chi connectivity index (χ3n) is 6.25. The fourth-order valence-corrected chi connectivity index (χ4v) is 4.58. The summed E-state index contributed by atoms with van der Waals surface area (Å²) in [6, 6.07) is 5.06. The monoisotopic (exact) mass is 441 g/mol. The molecule has 0 saturated carbocycles. The molecule has 0 aliphatic carbocycles. The minimum atomic E-state index is -0.684. The second kappa shape index (κ2) is 8.10. The number of benzene rings is 1. The number of morpholine rings is 1. The van der Waals surface area contributed by atoms with Crippen molar-refractivity contribution in [2.45, 2.75) is 19.4 Å². The van der Waals surface area contributed by atoms with Crippen molar-refractivity contribution in [3.63, 3.8) is 0 Å². The van der Waals surface area contributed by atoms with Crippen LogP contribution in [0.4, 0.5) is 15.1 Å². The van der Waals surface area contributed by atoms with Gasteiger partial charge in [-0.3, -0.25) is 19.5 Å². The molecule has 1 unspecified atom stereocenters. The molecule has 2 aromatic rings. The average molecular weight is 441 g/mol. The molecule has 10 heteroatoms. The molecule has 3 aliphatic heterocycles. The SMILES string of the molecule is Cc1c[n+]2c(n1-c1ccc(F)cc1)N=C1C2C(=O)N(CCCN2CCOCC2)C(=O)N1C. The molecule has 0 radical (unpaired) electrons. The van der Waals surface area contributed by atoms with E-state index in [1.165, 1.54) is 21.9 Å². The van der Waals surface area contributed by atoms with Crippen LogP contribution in [-0.2, 0) is 9.53 Å². The summed E-state index contributed by atoms with van der Waals surface area (Å²) in [5, 5.41) is 0. The number of carbonyl (C=O) groups is 2. The number of amidine groups is 1. The number of halogens is 1. The van der Waals surface area contributed by atoms with E-state index in [4.69, 9.17) is 4.74 Å². The van der Waals surface area contributed by atoms with Crippen molar-refractivity contribution in [2.75, 3.05) is 46.4 Å². The van der Waals surface area contributed by atoms with Crippen molar-refractivity contribution in [3.8, 4) is 5.69 Å². The largest absolute Gasteiger partial charge is 0.406 e. The predicted octanol–water partition coefficient (Wildman–Crippen LogP) is 1.41. The van der Waals surface area contributed by atoms with Gasteiger partial charge in [-0.05, 0) is 37.6 Å². The first-order chi connectivity index (χ1) is 15.5. The number of likely N-dealkylation sites (N-methyl/N-ethyl adjacent to an activating group) is 1. The van der Waals surface area contributed by atoms with Crippen molar-refractivity contribution in [2.24, 2.45) is 4.99 Å². The highest BCUT2D eigenvalue weighted by atomic mass is 19.1. The number of amides is 3. The molecule has 168 valence electrons. The van der Waals surface area contributed by atoms with Gasteiger partial charge in [0.25, 0.3) is 5.91 Å². The van der Waals surface area contributed by atoms with E-state index in [-0.39, 0.29) is 17.8 Å². The van der Waals surface area contributed by atoms with E-state index in [9.17, 15) is 14.0 Å². The molecule has 1 atom stereocenters. The summed E-state index contributed by atoms with van der Waals surface area (Å²) in [5.41, 5.74) is 1.60. The van der Waals surface area contributed by atoms with Gasteiger partial charge in [0.05, 0.1) is 13.2 Å². The highest BCUT2D eigenvalue weighted by molar-refractivity contribution is 6.19. The van der Waals surface area contributed by atoms with Gasteiger partial charge in [0.15, 0.2) is 0 Å². The fourth-order valence-electron chi connectivity index (χ4n) is 4.58. The summed E-state index contributed by atoms with van der Waals surface area (Å²) in [5.74, 6) is 0.359. The maximum atomic E-state index is 13.4. The zero-order valence-electron chi connectivity index (χ0n) is 18.2. The van der Waals surface area contributed by atoms with E-state index in [1.54, 1.807) is 23.7 Å². The van der Waals surface area contributed by atoms with Gasteiger partial charge in [0, 0.05) is 33.2 Å². The van der Waals surface area contributed by atoms with E-state index in [1.807, 2.05) is 17.7 Å². The van der Waals surface area contributed by atoms with Gasteiger partial charge in [0.2, 0.25) is 11.9 Å². The summed E-state index contributed by atoms with van der Waals surface area (Å²) in [6.07, 6.45) is 2.56. The lowest BCUT2D eigenvalue weighted by Crippen LogP contribution is -2.62. The maximum Gasteiger partial charge on any atom is 0.406 e. The molecular formula is C22H26FN6O3+. The van der Waals surface area contributed by atoms with Crippen LogP contribution in [-0.4, -0.2) is 83.5 Å². The molecule has 0 N–H and O–H groups in total. The van der Waals surface area contributed by atoms with Gasteiger partial charge in [-0.2, -0.15) is 4.57 Å². The molecule has 3 amide bonds. The number of aromatic nitrogens is 2. The Labute approximate surface area is 185 Å². The molecule has 0 bridgehead atoms. The Balaban J connectivity index is 1.40. The quantitative estimate of drug-likeness (QED) is 0.658. The first kappa shape index (κ1) is 20.8. The van der Waals surface area contributed by atoms with E-state index in [0.29, 0.717) is 24.7 Å². The predicted molar refractivity (Wildman–Crippen MR) is 114 cm³/mol. The number of hydrogen-bond acceptors (Lipinski definition) is 5. The minimum absolute atomic E-state index is 0.270. The molecule has 32 heavy (non-hydrogen) atoms. The van der Waals surface area contributed by atoms with Gasteiger partial charge in [-0.1, -0.05) is 4.99 Å². The lowest BCUT2D eigenvalue weighted by molar-refractivity contribution is -0.676. The average Bonchev–Trinajstić information content (AvgIpc) is 3.31. The summed E-state index contributed by atoms with van der Waals surface area (Å²) in [4.78, 5) is 36.1. The molecule has 0 spiro atoms. The van der Waals surface area contributed by atoms with E-state index in [2.05, 4.69) is 9.89 Å². The standard InChI is InChI=1S/C22H26FN6O3/c1-15-14-28-18-19(24-21(28)29(15)17-6-4-16(23)5-7-17)25(2)22(31)27(20(18)30)9-3-8-26-10-12-32-13-11-26/h4-7,14,18H,3,8-13H2,1-2H3/q+1. The molecular weight excluding hydrogens is 415 g/mol. The third-order valence-corrected chi connectivity index (χ3v) is 6.25. The number of urea groups is 1. The molecule has 1 aromatic carbocycles.